The van der Waals surface area contributed by atoms with Crippen LogP contribution in [0.15, 0.2) is 0 Å². The normalized spacial score (nSPS) is 22.8. The maximum atomic E-state index is 11.0. The zero-order chi connectivity index (χ0) is 12.1. The molecule has 17 heavy (non-hydrogen) atoms. The van der Waals surface area contributed by atoms with E-state index in [4.69, 9.17) is 9.84 Å². The molecule has 2 rings (SSSR count). The van der Waals surface area contributed by atoms with Crippen LogP contribution in [0, 0.1) is 5.92 Å². The van der Waals surface area contributed by atoms with E-state index in [-0.39, 0.29) is 0 Å². The minimum atomic E-state index is -0.749. The summed E-state index contributed by atoms with van der Waals surface area (Å²) < 4.78 is 5.60. The van der Waals surface area contributed by atoms with E-state index in [1.165, 1.54) is 25.7 Å². The number of ether oxygens (including phenoxy) is 1. The van der Waals surface area contributed by atoms with Crippen molar-refractivity contribution in [1.82, 2.24) is 5.32 Å². The number of carbonyl (C=O) groups is 1. The van der Waals surface area contributed by atoms with E-state index in [9.17, 15) is 4.79 Å². The van der Waals surface area contributed by atoms with Crippen LogP contribution in [0.1, 0.15) is 44.9 Å². The molecule has 4 heteroatoms. The molecule has 0 amide bonds. The molecular weight excluding hydrogens is 218 g/mol. The highest BCUT2D eigenvalue weighted by Gasteiger charge is 2.27. The summed E-state index contributed by atoms with van der Waals surface area (Å²) in [6, 6.07) is 0.0111. The molecule has 2 aliphatic rings. The Labute approximate surface area is 103 Å². The lowest BCUT2D eigenvalue weighted by atomic mass is 10.1. The molecule has 0 aromatic heterocycles. The molecule has 0 bridgehead atoms. The predicted octanol–water partition coefficient (Wildman–Crippen LogP) is 1.79. The molecule has 0 spiro atoms. The maximum Gasteiger partial charge on any atom is 0.320 e. The second-order valence-electron chi connectivity index (χ2n) is 5.35. The van der Waals surface area contributed by atoms with Crippen molar-refractivity contribution in [2.75, 3.05) is 13.2 Å². The molecule has 0 saturated heterocycles. The van der Waals surface area contributed by atoms with Crippen molar-refractivity contribution in [2.45, 2.75) is 57.0 Å². The van der Waals surface area contributed by atoms with Crippen molar-refractivity contribution in [3.8, 4) is 0 Å². The monoisotopic (exact) mass is 241 g/mol. The average molecular weight is 241 g/mol. The van der Waals surface area contributed by atoms with Gasteiger partial charge in [0.05, 0.1) is 0 Å². The standard InChI is InChI=1S/C13H23NO3/c15-13(16)12(14-11-5-6-11)7-8-17-9-10-3-1-2-4-10/h10-12,14H,1-9H2,(H,15,16). The Bertz CT molecular complexity index is 247. The van der Waals surface area contributed by atoms with Crippen LogP contribution < -0.4 is 5.32 Å². The van der Waals surface area contributed by atoms with Gasteiger partial charge >= 0.3 is 5.97 Å². The number of carboxylic acid groups (broad SMARTS) is 1. The third-order valence-electron chi connectivity index (χ3n) is 3.69. The molecule has 98 valence electrons. The first-order valence-corrected chi connectivity index (χ1v) is 6.82. The first-order valence-electron chi connectivity index (χ1n) is 6.82. The largest absolute Gasteiger partial charge is 0.480 e. The van der Waals surface area contributed by atoms with Crippen LogP contribution in [-0.2, 0) is 9.53 Å². The zero-order valence-corrected chi connectivity index (χ0v) is 10.4. The number of rotatable bonds is 8. The van der Waals surface area contributed by atoms with Crippen molar-refractivity contribution < 1.29 is 14.6 Å². The van der Waals surface area contributed by atoms with E-state index in [1.54, 1.807) is 0 Å². The van der Waals surface area contributed by atoms with Gasteiger partial charge in [0.2, 0.25) is 0 Å². The molecule has 2 aliphatic carbocycles. The number of nitrogens with one attached hydrogen (secondary N) is 1. The molecule has 0 aromatic rings. The van der Waals surface area contributed by atoms with E-state index in [2.05, 4.69) is 5.32 Å². The van der Waals surface area contributed by atoms with E-state index in [0.717, 1.165) is 25.4 Å². The third kappa shape index (κ3) is 4.64. The Hall–Kier alpha value is -0.610. The van der Waals surface area contributed by atoms with E-state index >= 15 is 0 Å². The number of carboxylic acids is 1. The number of hydrogen-bond acceptors (Lipinski definition) is 3. The van der Waals surface area contributed by atoms with Crippen molar-refractivity contribution in [3.05, 3.63) is 0 Å². The summed E-state index contributed by atoms with van der Waals surface area (Å²) in [6.07, 6.45) is 8.04. The fourth-order valence-corrected chi connectivity index (χ4v) is 2.44. The molecule has 2 fully saturated rings. The highest BCUT2D eigenvalue weighted by atomic mass is 16.5. The Morgan fingerprint density at radius 1 is 1.29 bits per heavy atom. The lowest BCUT2D eigenvalue weighted by Gasteiger charge is -2.15. The molecule has 0 heterocycles. The second-order valence-corrected chi connectivity index (χ2v) is 5.35. The van der Waals surface area contributed by atoms with Crippen LogP contribution in [0.2, 0.25) is 0 Å². The number of hydrogen-bond donors (Lipinski definition) is 2. The van der Waals surface area contributed by atoms with Crippen LogP contribution in [0.4, 0.5) is 0 Å². The SMILES string of the molecule is O=C(O)C(CCOCC1CCCC1)NC1CC1. The molecular formula is C13H23NO3. The van der Waals surface area contributed by atoms with Crippen molar-refractivity contribution >= 4 is 5.97 Å². The van der Waals surface area contributed by atoms with Crippen molar-refractivity contribution in [2.24, 2.45) is 5.92 Å². The maximum absolute atomic E-state index is 11.0. The Balaban J connectivity index is 1.56. The summed E-state index contributed by atoms with van der Waals surface area (Å²) in [4.78, 5) is 11.0. The summed E-state index contributed by atoms with van der Waals surface area (Å²) in [5.74, 6) is -0.0314. The minimum Gasteiger partial charge on any atom is -0.480 e. The Morgan fingerprint density at radius 2 is 2.00 bits per heavy atom. The second kappa shape index (κ2) is 6.36. The smallest absolute Gasteiger partial charge is 0.320 e. The lowest BCUT2D eigenvalue weighted by molar-refractivity contribution is -0.140. The quantitative estimate of drug-likeness (QED) is 0.636. The summed E-state index contributed by atoms with van der Waals surface area (Å²) >= 11 is 0. The van der Waals surface area contributed by atoms with Crippen LogP contribution in [-0.4, -0.2) is 36.4 Å². The summed E-state index contributed by atoms with van der Waals surface area (Å²) in [5, 5.41) is 12.2. The molecule has 0 radical (unpaired) electrons. The van der Waals surface area contributed by atoms with Crippen LogP contribution in [0.25, 0.3) is 0 Å². The van der Waals surface area contributed by atoms with Gasteiger partial charge in [0.1, 0.15) is 6.04 Å². The van der Waals surface area contributed by atoms with Crippen molar-refractivity contribution in [1.29, 1.82) is 0 Å². The highest BCUT2D eigenvalue weighted by molar-refractivity contribution is 5.73. The van der Waals surface area contributed by atoms with Crippen molar-refractivity contribution in [3.63, 3.8) is 0 Å². The number of aliphatic carboxylic acids is 1. The molecule has 0 aliphatic heterocycles. The molecule has 1 atom stereocenters. The van der Waals surface area contributed by atoms with E-state index in [1.807, 2.05) is 0 Å². The Kier molecular flexibility index (Phi) is 4.80. The first-order chi connectivity index (χ1) is 8.25. The van der Waals surface area contributed by atoms with Gasteiger partial charge in [0.25, 0.3) is 0 Å². The van der Waals surface area contributed by atoms with Crippen LogP contribution >= 0.6 is 0 Å². The van der Waals surface area contributed by atoms with Gasteiger partial charge in [0, 0.05) is 19.3 Å². The van der Waals surface area contributed by atoms with Crippen LogP contribution in [0.3, 0.4) is 0 Å². The summed E-state index contributed by atoms with van der Waals surface area (Å²) in [6.45, 7) is 1.38. The molecule has 2 N–H and O–H groups in total. The fraction of sp³-hybridized carbons (Fsp3) is 0.923. The highest BCUT2D eigenvalue weighted by Crippen LogP contribution is 2.24. The summed E-state index contributed by atoms with van der Waals surface area (Å²) in [5.41, 5.74) is 0. The lowest BCUT2D eigenvalue weighted by Crippen LogP contribution is -2.39. The topological polar surface area (TPSA) is 58.6 Å². The molecule has 4 nitrogen and oxygen atoms in total. The minimum absolute atomic E-state index is 0.425. The predicted molar refractivity (Wildman–Crippen MR) is 65.0 cm³/mol. The third-order valence-corrected chi connectivity index (χ3v) is 3.69. The van der Waals surface area contributed by atoms with Gasteiger partial charge in [-0.3, -0.25) is 4.79 Å². The zero-order valence-electron chi connectivity index (χ0n) is 10.4. The Morgan fingerprint density at radius 3 is 2.59 bits per heavy atom. The average Bonchev–Trinajstić information content (AvgIpc) is 2.96. The van der Waals surface area contributed by atoms with Gasteiger partial charge in [-0.25, -0.2) is 0 Å². The van der Waals surface area contributed by atoms with E-state index in [0.29, 0.717) is 19.1 Å². The summed E-state index contributed by atoms with van der Waals surface area (Å²) in [7, 11) is 0. The molecule has 0 aromatic carbocycles. The van der Waals surface area contributed by atoms with Gasteiger partial charge in [0.15, 0.2) is 0 Å². The van der Waals surface area contributed by atoms with Gasteiger partial charge in [-0.1, -0.05) is 12.8 Å². The van der Waals surface area contributed by atoms with Gasteiger partial charge < -0.3 is 15.2 Å². The van der Waals surface area contributed by atoms with Gasteiger partial charge in [-0.15, -0.1) is 0 Å². The fourth-order valence-electron chi connectivity index (χ4n) is 2.44. The van der Waals surface area contributed by atoms with E-state index < -0.39 is 12.0 Å². The van der Waals surface area contributed by atoms with Gasteiger partial charge in [-0.2, -0.15) is 0 Å². The molecule has 1 unspecified atom stereocenters. The first kappa shape index (κ1) is 12.8. The van der Waals surface area contributed by atoms with Gasteiger partial charge in [-0.05, 0) is 38.0 Å². The van der Waals surface area contributed by atoms with Crippen LogP contribution in [0.5, 0.6) is 0 Å². The molecule has 2 saturated carbocycles.